The van der Waals surface area contributed by atoms with Crippen molar-refractivity contribution in [3.8, 4) is 0 Å². The summed E-state index contributed by atoms with van der Waals surface area (Å²) in [6, 6.07) is 13.4. The number of carbonyl (C=O) groups excluding carboxylic acids is 1. The van der Waals surface area contributed by atoms with Crippen molar-refractivity contribution in [1.82, 2.24) is 9.80 Å². The number of rotatable bonds is 9. The van der Waals surface area contributed by atoms with Gasteiger partial charge in [0.05, 0.1) is 12.4 Å². The lowest BCUT2D eigenvalue weighted by atomic mass is 9.86. The molecular weight excluding hydrogens is 470 g/mol. The molecular formula is C27H32F2N2O3S. The topological polar surface area (TPSA) is 42.0 Å². The van der Waals surface area contributed by atoms with Crippen LogP contribution in [0.1, 0.15) is 49.3 Å². The van der Waals surface area contributed by atoms with Gasteiger partial charge in [-0.2, -0.15) is 0 Å². The van der Waals surface area contributed by atoms with Crippen LogP contribution in [0.3, 0.4) is 0 Å². The van der Waals surface area contributed by atoms with E-state index in [1.807, 2.05) is 11.2 Å². The molecule has 3 fully saturated rings. The van der Waals surface area contributed by atoms with Crippen molar-refractivity contribution in [3.05, 3.63) is 71.3 Å². The second-order valence-corrected chi connectivity index (χ2v) is 10.7. The normalized spacial score (nSPS) is 26.2. The number of amides is 1. The van der Waals surface area contributed by atoms with Gasteiger partial charge in [0.1, 0.15) is 23.3 Å². The molecule has 3 saturated heterocycles. The van der Waals surface area contributed by atoms with E-state index in [-0.39, 0.29) is 29.4 Å². The zero-order valence-corrected chi connectivity index (χ0v) is 20.8. The molecule has 0 saturated carbocycles. The Morgan fingerprint density at radius 3 is 2.14 bits per heavy atom. The first-order valence-corrected chi connectivity index (χ1v) is 13.7. The van der Waals surface area contributed by atoms with Crippen molar-refractivity contribution in [3.63, 3.8) is 0 Å². The summed E-state index contributed by atoms with van der Waals surface area (Å²) in [5, 5.41) is 0. The Morgan fingerprint density at radius 2 is 1.60 bits per heavy atom. The molecule has 2 aromatic carbocycles. The summed E-state index contributed by atoms with van der Waals surface area (Å²) in [7, 11) is 0. The first kappa shape index (κ1) is 24.5. The van der Waals surface area contributed by atoms with Gasteiger partial charge in [-0.05, 0) is 60.9 Å². The van der Waals surface area contributed by atoms with Crippen LogP contribution in [0, 0.1) is 11.6 Å². The molecule has 3 aliphatic heterocycles. The number of nitrogens with zero attached hydrogens (tertiary/aromatic N) is 2. The highest BCUT2D eigenvalue weighted by Crippen LogP contribution is 2.45. The van der Waals surface area contributed by atoms with E-state index in [2.05, 4.69) is 4.90 Å². The fourth-order valence-electron chi connectivity index (χ4n) is 6.03. The third-order valence-corrected chi connectivity index (χ3v) is 8.07. The van der Waals surface area contributed by atoms with Crippen LogP contribution in [0.5, 0.6) is 0 Å². The third kappa shape index (κ3) is 5.34. The summed E-state index contributed by atoms with van der Waals surface area (Å²) in [5.41, 5.74) is 1.36. The molecule has 188 valence electrons. The molecule has 0 radical (unpaired) electrons. The Bertz CT molecular complexity index is 961. The summed E-state index contributed by atoms with van der Waals surface area (Å²) in [6.07, 6.45) is 6.39. The molecule has 1 amide bonds. The Kier molecular flexibility index (Phi) is 7.32. The zero-order valence-electron chi connectivity index (χ0n) is 20.0. The van der Waals surface area contributed by atoms with E-state index in [4.69, 9.17) is 9.47 Å². The lowest BCUT2D eigenvalue weighted by Crippen LogP contribution is -2.53. The highest BCUT2D eigenvalue weighted by Gasteiger charge is 2.54. The predicted octanol–water partition coefficient (Wildman–Crippen LogP) is 5.60. The standard InChI is InChI=1S/C27H32F2N2O3S/c1-35-18-30-17-27(34-26(30)32)15-23-11-12-24(16-27)31(23)13-2-14-33-25(19-3-7-21(28)8-4-19)20-5-9-22(29)10-6-20/h3-10,23-25H,2,11-18H2,1H3. The van der Waals surface area contributed by atoms with Crippen LogP contribution in [0.15, 0.2) is 48.5 Å². The maximum atomic E-state index is 13.5. The maximum absolute atomic E-state index is 13.5. The number of halogens is 2. The average molecular weight is 503 g/mol. The molecule has 35 heavy (non-hydrogen) atoms. The van der Waals surface area contributed by atoms with Crippen LogP contribution in [0.25, 0.3) is 0 Å². The lowest BCUT2D eigenvalue weighted by molar-refractivity contribution is -0.0340. The monoisotopic (exact) mass is 502 g/mol. The Balaban J connectivity index is 1.18. The summed E-state index contributed by atoms with van der Waals surface area (Å²) >= 11 is 1.65. The van der Waals surface area contributed by atoms with Crippen LogP contribution >= 0.6 is 11.8 Å². The molecule has 3 heterocycles. The van der Waals surface area contributed by atoms with E-state index in [0.29, 0.717) is 31.1 Å². The summed E-state index contributed by atoms with van der Waals surface area (Å²) in [5.74, 6) is 0.0872. The van der Waals surface area contributed by atoms with Gasteiger partial charge in [0.25, 0.3) is 0 Å². The number of hydrogen-bond donors (Lipinski definition) is 0. The van der Waals surface area contributed by atoms with E-state index in [9.17, 15) is 13.6 Å². The smallest absolute Gasteiger partial charge is 0.411 e. The number of piperidine rings is 1. The number of benzene rings is 2. The maximum Gasteiger partial charge on any atom is 0.411 e. The van der Waals surface area contributed by atoms with Crippen LogP contribution in [-0.4, -0.2) is 65.4 Å². The molecule has 5 nitrogen and oxygen atoms in total. The molecule has 2 bridgehead atoms. The van der Waals surface area contributed by atoms with Gasteiger partial charge in [0, 0.05) is 38.1 Å². The van der Waals surface area contributed by atoms with E-state index >= 15 is 0 Å². The third-order valence-electron chi connectivity index (χ3n) is 7.50. The second kappa shape index (κ2) is 10.4. The Morgan fingerprint density at radius 1 is 1.03 bits per heavy atom. The highest BCUT2D eigenvalue weighted by atomic mass is 32.2. The van der Waals surface area contributed by atoms with Gasteiger partial charge in [-0.3, -0.25) is 9.80 Å². The van der Waals surface area contributed by atoms with Gasteiger partial charge < -0.3 is 9.47 Å². The average Bonchev–Trinajstić information content (AvgIpc) is 3.27. The molecule has 1 spiro atoms. The SMILES string of the molecule is CSCN1CC2(CC3CCC(C2)N3CCCOC(c2ccc(F)cc2)c2ccc(F)cc2)OC1=O. The van der Waals surface area contributed by atoms with Crippen molar-refractivity contribution in [2.45, 2.75) is 55.9 Å². The quantitative estimate of drug-likeness (QED) is 0.418. The molecule has 0 aromatic heterocycles. The first-order chi connectivity index (χ1) is 17.0. The van der Waals surface area contributed by atoms with E-state index < -0.39 is 0 Å². The fraction of sp³-hybridized carbons (Fsp3) is 0.519. The first-order valence-electron chi connectivity index (χ1n) is 12.3. The van der Waals surface area contributed by atoms with Gasteiger partial charge in [-0.15, -0.1) is 11.8 Å². The zero-order chi connectivity index (χ0) is 24.4. The van der Waals surface area contributed by atoms with Gasteiger partial charge >= 0.3 is 6.09 Å². The fourth-order valence-corrected chi connectivity index (χ4v) is 6.54. The second-order valence-electron chi connectivity index (χ2n) is 9.91. The van der Waals surface area contributed by atoms with Crippen LogP contribution < -0.4 is 0 Å². The van der Waals surface area contributed by atoms with Crippen LogP contribution in [-0.2, 0) is 9.47 Å². The van der Waals surface area contributed by atoms with E-state index in [1.165, 1.54) is 24.3 Å². The van der Waals surface area contributed by atoms with Crippen molar-refractivity contribution in [2.24, 2.45) is 0 Å². The lowest BCUT2D eigenvalue weighted by Gasteiger charge is -2.43. The van der Waals surface area contributed by atoms with Crippen molar-refractivity contribution in [1.29, 1.82) is 0 Å². The summed E-state index contributed by atoms with van der Waals surface area (Å²) in [4.78, 5) is 16.7. The molecule has 3 aliphatic rings. The number of hydrogen-bond acceptors (Lipinski definition) is 5. The highest BCUT2D eigenvalue weighted by molar-refractivity contribution is 7.98. The van der Waals surface area contributed by atoms with Gasteiger partial charge in [-0.1, -0.05) is 24.3 Å². The van der Waals surface area contributed by atoms with Gasteiger partial charge in [0.15, 0.2) is 0 Å². The Labute approximate surface area is 209 Å². The van der Waals surface area contributed by atoms with E-state index in [0.717, 1.165) is 49.8 Å². The van der Waals surface area contributed by atoms with Crippen molar-refractivity contribution >= 4 is 17.9 Å². The molecule has 8 heteroatoms. The minimum absolute atomic E-state index is 0.173. The summed E-state index contributed by atoms with van der Waals surface area (Å²) < 4.78 is 39.1. The van der Waals surface area contributed by atoms with Crippen molar-refractivity contribution in [2.75, 3.05) is 31.8 Å². The molecule has 5 rings (SSSR count). The minimum Gasteiger partial charge on any atom is -0.441 e. The molecule has 2 atom stereocenters. The summed E-state index contributed by atoms with van der Waals surface area (Å²) in [6.45, 7) is 2.16. The van der Waals surface area contributed by atoms with Gasteiger partial charge in [-0.25, -0.2) is 13.6 Å². The van der Waals surface area contributed by atoms with Gasteiger partial charge in [0.2, 0.25) is 0 Å². The number of carbonyl (C=O) groups is 1. The van der Waals surface area contributed by atoms with Crippen molar-refractivity contribution < 1.29 is 23.0 Å². The molecule has 0 N–H and O–H groups in total. The Hall–Kier alpha value is -2.16. The molecule has 2 unspecified atom stereocenters. The number of ether oxygens (including phenoxy) is 2. The largest absolute Gasteiger partial charge is 0.441 e. The predicted molar refractivity (Wildman–Crippen MR) is 132 cm³/mol. The minimum atomic E-state index is -0.377. The van der Waals surface area contributed by atoms with Crippen LogP contribution in [0.4, 0.5) is 13.6 Å². The van der Waals surface area contributed by atoms with Crippen LogP contribution in [0.2, 0.25) is 0 Å². The number of fused-ring (bicyclic) bond motifs is 2. The van der Waals surface area contributed by atoms with E-state index in [1.54, 1.807) is 36.0 Å². The molecule has 2 aromatic rings. The molecule has 0 aliphatic carbocycles. The number of thioether (sulfide) groups is 1.